The normalized spacial score (nSPS) is 11.8. The van der Waals surface area contributed by atoms with E-state index >= 15 is 0 Å². The zero-order valence-corrected chi connectivity index (χ0v) is 10.3. The molecule has 0 aliphatic heterocycles. The molecule has 108 valence electrons. The van der Waals surface area contributed by atoms with Crippen LogP contribution in [0.4, 0.5) is 13.2 Å². The third-order valence-electron chi connectivity index (χ3n) is 2.07. The number of nitrogens with zero attached hydrogens (tertiary/aromatic N) is 1. The van der Waals surface area contributed by atoms with Gasteiger partial charge in [-0.25, -0.2) is 9.18 Å². The van der Waals surface area contributed by atoms with Crippen molar-refractivity contribution < 1.29 is 35.7 Å². The van der Waals surface area contributed by atoms with E-state index < -0.39 is 39.3 Å². The van der Waals surface area contributed by atoms with Gasteiger partial charge in [0.25, 0.3) is 0 Å². The summed E-state index contributed by atoms with van der Waals surface area (Å²) in [5.41, 5.74) is -0.863. The summed E-state index contributed by atoms with van der Waals surface area (Å²) in [7, 11) is -5.75. The maximum absolute atomic E-state index is 13.3. The summed E-state index contributed by atoms with van der Waals surface area (Å²) in [5, 5.41) is 3.76. The van der Waals surface area contributed by atoms with E-state index in [1.54, 1.807) is 6.07 Å². The molecule has 0 atom stereocenters. The molecule has 0 unspecified atom stereocenters. The summed E-state index contributed by atoms with van der Waals surface area (Å²) in [6, 6.07) is 4.13. The molecule has 0 aromatic heterocycles. The van der Waals surface area contributed by atoms with Crippen LogP contribution in [0.1, 0.15) is 15.9 Å². The van der Waals surface area contributed by atoms with E-state index in [0.717, 1.165) is 12.1 Å². The summed E-state index contributed by atoms with van der Waals surface area (Å²) in [6.45, 7) is -1.97. The first kappa shape index (κ1) is 15.9. The van der Waals surface area contributed by atoms with Crippen LogP contribution in [-0.2, 0) is 14.9 Å². The van der Waals surface area contributed by atoms with E-state index in [0.29, 0.717) is 6.07 Å². The average molecular weight is 309 g/mol. The quantitative estimate of drug-likeness (QED) is 0.664. The summed E-state index contributed by atoms with van der Waals surface area (Å²) in [4.78, 5) is 11.3. The van der Waals surface area contributed by atoms with Gasteiger partial charge in [-0.3, -0.25) is 4.55 Å². The van der Waals surface area contributed by atoms with Crippen LogP contribution in [0.2, 0.25) is 0 Å². The number of hydrogen-bond donors (Lipinski definition) is 1. The Labute approximate surface area is 111 Å². The lowest BCUT2D eigenvalue weighted by molar-refractivity contribution is -0.00978. The van der Waals surface area contributed by atoms with Crippen molar-refractivity contribution in [2.75, 3.05) is 6.61 Å². The fourth-order valence-electron chi connectivity index (χ4n) is 1.05. The number of esters is 1. The summed E-state index contributed by atoms with van der Waals surface area (Å²) < 4.78 is 71.5. The van der Waals surface area contributed by atoms with Crippen LogP contribution in [0.25, 0.3) is 0 Å². The Kier molecular flexibility index (Phi) is 4.36. The number of ether oxygens (including phenoxy) is 1. The highest BCUT2D eigenvalue weighted by Gasteiger charge is 2.45. The number of carbonyl (C=O) groups excluding carboxylic acids is 1. The van der Waals surface area contributed by atoms with E-state index in [9.17, 15) is 26.4 Å². The fraction of sp³-hybridized carbons (Fsp3) is 0.200. The van der Waals surface area contributed by atoms with Gasteiger partial charge < -0.3 is 4.74 Å². The molecule has 0 heterocycles. The zero-order chi connectivity index (χ0) is 15.6. The van der Waals surface area contributed by atoms with Gasteiger partial charge in [-0.2, -0.15) is 22.5 Å². The molecule has 0 bridgehead atoms. The molecular formula is C10H6F3NO5S. The molecule has 1 N–H and O–H groups in total. The van der Waals surface area contributed by atoms with E-state index in [-0.39, 0.29) is 5.56 Å². The van der Waals surface area contributed by atoms with Gasteiger partial charge in [-0.05, 0) is 18.2 Å². The molecule has 6 nitrogen and oxygen atoms in total. The highest BCUT2D eigenvalue weighted by Crippen LogP contribution is 2.21. The number of benzene rings is 1. The molecule has 1 aromatic rings. The van der Waals surface area contributed by atoms with E-state index in [1.807, 2.05) is 0 Å². The van der Waals surface area contributed by atoms with Crippen molar-refractivity contribution in [1.82, 2.24) is 0 Å². The second kappa shape index (κ2) is 5.48. The van der Waals surface area contributed by atoms with Crippen molar-refractivity contribution in [3.63, 3.8) is 0 Å². The molecule has 20 heavy (non-hydrogen) atoms. The van der Waals surface area contributed by atoms with Gasteiger partial charge in [0, 0.05) is 0 Å². The third-order valence-corrected chi connectivity index (χ3v) is 2.94. The predicted octanol–water partition coefficient (Wildman–Crippen LogP) is 1.33. The fourth-order valence-corrected chi connectivity index (χ4v) is 1.26. The Morgan fingerprint density at radius 3 is 2.50 bits per heavy atom. The highest BCUT2D eigenvalue weighted by molar-refractivity contribution is 7.86. The Hall–Kier alpha value is -2.12. The Bertz CT molecular complexity index is 681. The molecule has 0 fully saturated rings. The topological polar surface area (TPSA) is 104 Å². The molecule has 0 aliphatic rings. The van der Waals surface area contributed by atoms with Gasteiger partial charge >= 0.3 is 21.3 Å². The molecule has 0 radical (unpaired) electrons. The summed E-state index contributed by atoms with van der Waals surface area (Å²) in [5.74, 6) is -2.75. The van der Waals surface area contributed by atoms with Crippen LogP contribution in [0.3, 0.4) is 0 Å². The van der Waals surface area contributed by atoms with E-state index in [1.165, 1.54) is 0 Å². The summed E-state index contributed by atoms with van der Waals surface area (Å²) in [6.07, 6.45) is 0. The Morgan fingerprint density at radius 2 is 2.05 bits per heavy atom. The summed E-state index contributed by atoms with van der Waals surface area (Å²) >= 11 is 0. The molecule has 10 heteroatoms. The van der Waals surface area contributed by atoms with Crippen molar-refractivity contribution in [2.45, 2.75) is 5.25 Å². The minimum Gasteiger partial charge on any atom is -0.454 e. The van der Waals surface area contributed by atoms with Crippen molar-refractivity contribution >= 4 is 16.1 Å². The van der Waals surface area contributed by atoms with Crippen molar-refractivity contribution in [2.24, 2.45) is 0 Å². The monoisotopic (exact) mass is 309 g/mol. The van der Waals surface area contributed by atoms with Crippen molar-refractivity contribution in [3.8, 4) is 6.07 Å². The van der Waals surface area contributed by atoms with Gasteiger partial charge in [0.2, 0.25) is 0 Å². The first-order valence-electron chi connectivity index (χ1n) is 4.80. The van der Waals surface area contributed by atoms with Crippen molar-refractivity contribution in [3.05, 3.63) is 35.1 Å². The van der Waals surface area contributed by atoms with E-state index in [4.69, 9.17) is 9.81 Å². The number of halogens is 3. The van der Waals surface area contributed by atoms with Gasteiger partial charge in [-0.15, -0.1) is 0 Å². The highest BCUT2D eigenvalue weighted by atomic mass is 32.2. The molecule has 1 rings (SSSR count). The van der Waals surface area contributed by atoms with Crippen LogP contribution in [0.15, 0.2) is 18.2 Å². The van der Waals surface area contributed by atoms with Crippen LogP contribution >= 0.6 is 0 Å². The number of rotatable bonds is 4. The second-order valence-electron chi connectivity index (χ2n) is 3.49. The minimum atomic E-state index is -5.75. The lowest BCUT2D eigenvalue weighted by atomic mass is 10.1. The average Bonchev–Trinajstić information content (AvgIpc) is 2.34. The largest absolute Gasteiger partial charge is 0.454 e. The predicted molar refractivity (Wildman–Crippen MR) is 57.9 cm³/mol. The standard InChI is InChI=1S/C10H6F3NO5S/c11-8-3-6(4-14)1-2-7(8)9(15)19-5-10(12,13)20(16,17)18/h1-3H,5H2,(H,16,17,18). The van der Waals surface area contributed by atoms with Crippen LogP contribution < -0.4 is 0 Å². The smallest absolute Gasteiger partial charge is 0.402 e. The van der Waals surface area contributed by atoms with Gasteiger partial charge in [-0.1, -0.05) is 0 Å². The van der Waals surface area contributed by atoms with Crippen LogP contribution in [0, 0.1) is 17.1 Å². The molecular weight excluding hydrogens is 303 g/mol. The van der Waals surface area contributed by atoms with Crippen molar-refractivity contribution in [1.29, 1.82) is 5.26 Å². The molecule has 0 amide bonds. The first-order valence-corrected chi connectivity index (χ1v) is 6.24. The SMILES string of the molecule is N#Cc1ccc(C(=O)OCC(F)(F)S(=O)(=O)O)c(F)c1. The first-order chi connectivity index (χ1) is 9.08. The van der Waals surface area contributed by atoms with Crippen LogP contribution in [-0.4, -0.2) is 30.8 Å². The molecule has 1 aromatic carbocycles. The molecule has 0 aliphatic carbocycles. The molecule has 0 saturated carbocycles. The number of hydrogen-bond acceptors (Lipinski definition) is 5. The molecule has 0 spiro atoms. The second-order valence-corrected chi connectivity index (χ2v) is 5.04. The Morgan fingerprint density at radius 1 is 1.45 bits per heavy atom. The Balaban J connectivity index is 2.87. The number of carbonyl (C=O) groups is 1. The third kappa shape index (κ3) is 3.46. The number of alkyl halides is 2. The molecule has 0 saturated heterocycles. The van der Waals surface area contributed by atoms with Crippen LogP contribution in [0.5, 0.6) is 0 Å². The van der Waals surface area contributed by atoms with Gasteiger partial charge in [0.1, 0.15) is 5.82 Å². The maximum Gasteiger partial charge on any atom is 0.402 e. The van der Waals surface area contributed by atoms with Gasteiger partial charge in [0.05, 0.1) is 17.2 Å². The maximum atomic E-state index is 13.3. The minimum absolute atomic E-state index is 0.109. The lowest BCUT2D eigenvalue weighted by Gasteiger charge is -2.13. The number of nitriles is 1. The van der Waals surface area contributed by atoms with Gasteiger partial charge in [0.15, 0.2) is 6.61 Å². The zero-order valence-electron chi connectivity index (χ0n) is 9.51. The lowest BCUT2D eigenvalue weighted by Crippen LogP contribution is -2.34. The van der Waals surface area contributed by atoms with E-state index in [2.05, 4.69) is 4.74 Å².